The van der Waals surface area contributed by atoms with E-state index in [4.69, 9.17) is 4.74 Å². The molecule has 9 heteroatoms. The second-order valence-corrected chi connectivity index (χ2v) is 9.38. The van der Waals surface area contributed by atoms with Crippen LogP contribution >= 0.6 is 0 Å². The van der Waals surface area contributed by atoms with E-state index in [1.54, 1.807) is 29.2 Å². The molecule has 0 N–H and O–H groups in total. The molecule has 1 fully saturated rings. The molecule has 2 aromatic heterocycles. The highest BCUT2D eigenvalue weighted by Crippen LogP contribution is 2.37. The number of fused-ring (bicyclic) bond motifs is 1. The zero-order chi connectivity index (χ0) is 26.2. The quantitative estimate of drug-likeness (QED) is 0.341. The number of piperidine rings is 1. The first-order valence-electron chi connectivity index (χ1n) is 12.2. The Kier molecular flexibility index (Phi) is 6.62. The molecule has 0 aliphatic carbocycles. The fraction of sp³-hybridized carbons (Fsp3) is 0.321. The number of ether oxygens (including phenoxy) is 1. The summed E-state index contributed by atoms with van der Waals surface area (Å²) < 4.78 is 48.4. The Morgan fingerprint density at radius 1 is 1.05 bits per heavy atom. The zero-order valence-corrected chi connectivity index (χ0v) is 20.6. The van der Waals surface area contributed by atoms with Gasteiger partial charge in [0.1, 0.15) is 11.3 Å². The van der Waals surface area contributed by atoms with Gasteiger partial charge in [-0.3, -0.25) is 4.79 Å². The summed E-state index contributed by atoms with van der Waals surface area (Å²) in [5.41, 5.74) is 0.881. The molecule has 0 unspecified atom stereocenters. The monoisotopic (exact) mass is 508 g/mol. The van der Waals surface area contributed by atoms with E-state index in [1.807, 2.05) is 18.2 Å². The molecule has 1 saturated heterocycles. The number of likely N-dealkylation sites (tertiary alicyclic amines) is 1. The number of alkyl halides is 3. The Labute approximate surface area is 212 Å². The van der Waals surface area contributed by atoms with Crippen molar-refractivity contribution in [3.63, 3.8) is 0 Å². The number of rotatable bonds is 5. The number of aromatic nitrogens is 3. The van der Waals surface area contributed by atoms with Crippen molar-refractivity contribution in [3.8, 4) is 17.0 Å². The van der Waals surface area contributed by atoms with Gasteiger partial charge in [-0.05, 0) is 61.9 Å². The van der Waals surface area contributed by atoms with Gasteiger partial charge in [-0.15, -0.1) is 0 Å². The van der Waals surface area contributed by atoms with Gasteiger partial charge in [-0.1, -0.05) is 30.3 Å². The first-order valence-corrected chi connectivity index (χ1v) is 12.2. The normalized spacial score (nSPS) is 14.8. The summed E-state index contributed by atoms with van der Waals surface area (Å²) >= 11 is 0. The van der Waals surface area contributed by atoms with Gasteiger partial charge < -0.3 is 9.64 Å². The maximum absolute atomic E-state index is 14.2. The molecule has 5 rings (SSSR count). The highest BCUT2D eigenvalue weighted by atomic mass is 19.4. The lowest BCUT2D eigenvalue weighted by Gasteiger charge is -2.32. The lowest BCUT2D eigenvalue weighted by molar-refractivity contribution is -0.143. The lowest BCUT2D eigenvalue weighted by Crippen LogP contribution is -2.39. The summed E-state index contributed by atoms with van der Waals surface area (Å²) in [5.74, 6) is 0.683. The number of methoxy groups -OCH3 is 1. The molecule has 37 heavy (non-hydrogen) atoms. The SMILES string of the molecule is COc1ccc(-c2nc3c(C(=O)N4CCC(Cc5ccccc5)CC4)cnn3c(C(F)(F)F)c2C)cc1. The number of carbonyl (C=O) groups is 1. The van der Waals surface area contributed by atoms with Crippen molar-refractivity contribution in [1.82, 2.24) is 19.5 Å². The predicted molar refractivity (Wildman–Crippen MR) is 133 cm³/mol. The van der Waals surface area contributed by atoms with E-state index in [2.05, 4.69) is 22.2 Å². The number of amides is 1. The molecule has 3 heterocycles. The lowest BCUT2D eigenvalue weighted by atomic mass is 9.90. The van der Waals surface area contributed by atoms with Crippen molar-refractivity contribution in [3.05, 3.63) is 83.2 Å². The van der Waals surface area contributed by atoms with Crippen LogP contribution in [0, 0.1) is 12.8 Å². The van der Waals surface area contributed by atoms with Crippen LogP contribution in [-0.2, 0) is 12.6 Å². The van der Waals surface area contributed by atoms with Crippen molar-refractivity contribution < 1.29 is 22.7 Å². The summed E-state index contributed by atoms with van der Waals surface area (Å²) in [6.45, 7) is 2.45. The molecule has 6 nitrogen and oxygen atoms in total. The highest BCUT2D eigenvalue weighted by molar-refractivity contribution is 6.00. The molecule has 0 saturated carbocycles. The van der Waals surface area contributed by atoms with Crippen LogP contribution in [0.25, 0.3) is 16.9 Å². The maximum Gasteiger partial charge on any atom is 0.433 e. The van der Waals surface area contributed by atoms with Gasteiger partial charge in [0.25, 0.3) is 5.91 Å². The highest BCUT2D eigenvalue weighted by Gasteiger charge is 2.39. The number of nitrogens with zero attached hydrogens (tertiary/aromatic N) is 4. The molecule has 4 aromatic rings. The minimum atomic E-state index is -4.69. The van der Waals surface area contributed by atoms with E-state index in [-0.39, 0.29) is 28.4 Å². The number of hydrogen-bond acceptors (Lipinski definition) is 4. The first kappa shape index (κ1) is 24.8. The first-order chi connectivity index (χ1) is 17.8. The minimum Gasteiger partial charge on any atom is -0.497 e. The van der Waals surface area contributed by atoms with Crippen LogP contribution in [0.1, 0.15) is 40.0 Å². The van der Waals surface area contributed by atoms with Gasteiger partial charge in [-0.2, -0.15) is 18.3 Å². The summed E-state index contributed by atoms with van der Waals surface area (Å²) in [5, 5.41) is 3.96. The average Bonchev–Trinajstić information content (AvgIpc) is 3.31. The molecule has 0 spiro atoms. The van der Waals surface area contributed by atoms with E-state index < -0.39 is 11.9 Å². The third-order valence-corrected chi connectivity index (χ3v) is 7.02. The summed E-state index contributed by atoms with van der Waals surface area (Å²) in [6, 6.07) is 16.9. The van der Waals surface area contributed by atoms with Gasteiger partial charge in [-0.25, -0.2) is 9.50 Å². The molecule has 1 aliphatic heterocycles. The molecule has 0 bridgehead atoms. The van der Waals surface area contributed by atoms with Crippen LogP contribution < -0.4 is 4.74 Å². The largest absolute Gasteiger partial charge is 0.497 e. The van der Waals surface area contributed by atoms with Gasteiger partial charge in [0.2, 0.25) is 0 Å². The Balaban J connectivity index is 1.46. The molecule has 192 valence electrons. The fourth-order valence-corrected chi connectivity index (χ4v) is 5.05. The summed E-state index contributed by atoms with van der Waals surface area (Å²) in [6.07, 6.45) is -0.878. The smallest absolute Gasteiger partial charge is 0.433 e. The fourth-order valence-electron chi connectivity index (χ4n) is 5.05. The van der Waals surface area contributed by atoms with Crippen molar-refractivity contribution in [2.75, 3.05) is 20.2 Å². The van der Waals surface area contributed by atoms with Crippen LogP contribution in [0.2, 0.25) is 0 Å². The van der Waals surface area contributed by atoms with Crippen molar-refractivity contribution in [1.29, 1.82) is 0 Å². The third-order valence-electron chi connectivity index (χ3n) is 7.02. The van der Waals surface area contributed by atoms with Crippen LogP contribution in [-0.4, -0.2) is 45.6 Å². The molecular formula is C28H27F3N4O2. The maximum atomic E-state index is 14.2. The topological polar surface area (TPSA) is 59.7 Å². The molecular weight excluding hydrogens is 481 g/mol. The number of hydrogen-bond donors (Lipinski definition) is 0. The Hall–Kier alpha value is -3.88. The molecule has 1 amide bonds. The van der Waals surface area contributed by atoms with Crippen molar-refractivity contribution in [2.24, 2.45) is 5.92 Å². The Morgan fingerprint density at radius 3 is 2.35 bits per heavy atom. The van der Waals surface area contributed by atoms with Crippen LogP contribution in [0.5, 0.6) is 5.75 Å². The summed E-state index contributed by atoms with van der Waals surface area (Å²) in [7, 11) is 1.51. The van der Waals surface area contributed by atoms with Gasteiger partial charge >= 0.3 is 6.18 Å². The minimum absolute atomic E-state index is 0.0611. The summed E-state index contributed by atoms with van der Waals surface area (Å²) in [4.78, 5) is 19.7. The second kappa shape index (κ2) is 9.88. The molecule has 1 aliphatic rings. The van der Waals surface area contributed by atoms with Gasteiger partial charge in [0.15, 0.2) is 11.3 Å². The van der Waals surface area contributed by atoms with Crippen molar-refractivity contribution in [2.45, 2.75) is 32.4 Å². The molecule has 2 aromatic carbocycles. The average molecular weight is 509 g/mol. The number of halogens is 3. The zero-order valence-electron chi connectivity index (χ0n) is 20.6. The number of carbonyl (C=O) groups excluding carboxylic acids is 1. The van der Waals surface area contributed by atoms with E-state index in [9.17, 15) is 18.0 Å². The van der Waals surface area contributed by atoms with Crippen LogP contribution in [0.4, 0.5) is 13.2 Å². The van der Waals surface area contributed by atoms with E-state index >= 15 is 0 Å². The van der Waals surface area contributed by atoms with Crippen LogP contribution in [0.15, 0.2) is 60.8 Å². The van der Waals surface area contributed by atoms with E-state index in [1.165, 1.54) is 25.8 Å². The predicted octanol–water partition coefficient (Wildman–Crippen LogP) is 5.83. The van der Waals surface area contributed by atoms with E-state index in [0.29, 0.717) is 30.3 Å². The Bertz CT molecular complexity index is 1410. The van der Waals surface area contributed by atoms with Gasteiger partial charge in [0, 0.05) is 24.2 Å². The second-order valence-electron chi connectivity index (χ2n) is 9.38. The molecule has 0 atom stereocenters. The van der Waals surface area contributed by atoms with Crippen molar-refractivity contribution >= 4 is 11.6 Å². The van der Waals surface area contributed by atoms with E-state index in [0.717, 1.165) is 23.8 Å². The third kappa shape index (κ3) is 4.90. The van der Waals surface area contributed by atoms with Crippen LogP contribution in [0.3, 0.4) is 0 Å². The standard InChI is InChI=1S/C28H27F3N4O2/c1-18-24(21-8-10-22(37-2)11-9-21)33-26-23(17-32-35(26)25(18)28(29,30)31)27(36)34-14-12-20(13-15-34)16-19-6-4-3-5-7-19/h3-11,17,20H,12-16H2,1-2H3. The number of benzene rings is 2. The molecule has 0 radical (unpaired) electrons. The van der Waals surface area contributed by atoms with Gasteiger partial charge in [0.05, 0.1) is 19.0 Å². The Morgan fingerprint density at radius 2 is 1.73 bits per heavy atom.